The number of carbonyl (C=O) groups excluding carboxylic acids is 1. The number of hydrogen-bond acceptors (Lipinski definition) is 4. The van der Waals surface area contributed by atoms with E-state index in [0.29, 0.717) is 6.54 Å². The molecule has 0 heterocycles. The van der Waals surface area contributed by atoms with Gasteiger partial charge in [0, 0.05) is 17.9 Å². The third-order valence-corrected chi connectivity index (χ3v) is 4.25. The van der Waals surface area contributed by atoms with Crippen LogP contribution in [0.25, 0.3) is 0 Å². The van der Waals surface area contributed by atoms with Crippen molar-refractivity contribution in [3.05, 3.63) is 33.9 Å². The maximum Gasteiger partial charge on any atom is 0.311 e. The topological polar surface area (TPSA) is 81.5 Å². The maximum absolute atomic E-state index is 12.1. The van der Waals surface area contributed by atoms with E-state index in [0.717, 1.165) is 5.33 Å². The van der Waals surface area contributed by atoms with E-state index in [9.17, 15) is 14.9 Å². The summed E-state index contributed by atoms with van der Waals surface area (Å²) in [6.45, 7) is 4.43. The van der Waals surface area contributed by atoms with Crippen molar-refractivity contribution in [1.82, 2.24) is 5.32 Å². The number of nitro benzene ring substituents is 1. The molecule has 110 valence electrons. The van der Waals surface area contributed by atoms with Crippen molar-refractivity contribution in [3.63, 3.8) is 0 Å². The summed E-state index contributed by atoms with van der Waals surface area (Å²) in [6, 6.07) is 4.27. The molecule has 0 saturated carbocycles. The van der Waals surface area contributed by atoms with E-state index in [1.54, 1.807) is 0 Å². The van der Waals surface area contributed by atoms with Gasteiger partial charge >= 0.3 is 5.69 Å². The van der Waals surface area contributed by atoms with Gasteiger partial charge in [-0.1, -0.05) is 35.8 Å². The van der Waals surface area contributed by atoms with Gasteiger partial charge < -0.3 is 10.1 Å². The van der Waals surface area contributed by atoms with E-state index in [2.05, 4.69) is 21.2 Å². The molecule has 1 aromatic carbocycles. The molecule has 1 rings (SSSR count). The summed E-state index contributed by atoms with van der Waals surface area (Å²) in [4.78, 5) is 22.5. The largest absolute Gasteiger partial charge is 0.490 e. The van der Waals surface area contributed by atoms with Crippen LogP contribution in [0, 0.1) is 15.5 Å². The Hall–Kier alpha value is -1.63. The van der Waals surface area contributed by atoms with E-state index in [4.69, 9.17) is 4.74 Å². The van der Waals surface area contributed by atoms with Crippen molar-refractivity contribution < 1.29 is 14.5 Å². The number of methoxy groups -OCH3 is 1. The molecule has 6 nitrogen and oxygen atoms in total. The van der Waals surface area contributed by atoms with Crippen LogP contribution in [0.1, 0.15) is 24.2 Å². The van der Waals surface area contributed by atoms with Crippen LogP contribution in [-0.2, 0) is 0 Å². The minimum atomic E-state index is -0.571. The van der Waals surface area contributed by atoms with Gasteiger partial charge in [-0.05, 0) is 11.5 Å². The highest BCUT2D eigenvalue weighted by molar-refractivity contribution is 9.09. The van der Waals surface area contributed by atoms with Crippen molar-refractivity contribution in [2.45, 2.75) is 13.8 Å². The lowest BCUT2D eigenvalue weighted by molar-refractivity contribution is -0.385. The predicted molar refractivity (Wildman–Crippen MR) is 79.6 cm³/mol. The van der Waals surface area contributed by atoms with Gasteiger partial charge in [0.25, 0.3) is 5.91 Å². The predicted octanol–water partition coefficient (Wildman–Crippen LogP) is 2.75. The lowest BCUT2D eigenvalue weighted by Gasteiger charge is -2.22. The number of halogens is 1. The highest BCUT2D eigenvalue weighted by Gasteiger charge is 2.24. The molecule has 0 aromatic heterocycles. The first-order chi connectivity index (χ1) is 9.32. The molecule has 0 radical (unpaired) electrons. The summed E-state index contributed by atoms with van der Waals surface area (Å²) >= 11 is 3.37. The number of para-hydroxylation sites is 1. The summed E-state index contributed by atoms with van der Waals surface area (Å²) in [5, 5.41) is 14.4. The molecule has 0 spiro atoms. The molecule has 0 bridgehead atoms. The van der Waals surface area contributed by atoms with Gasteiger partial charge in [-0.3, -0.25) is 14.9 Å². The molecule has 1 N–H and O–H groups in total. The first-order valence-electron chi connectivity index (χ1n) is 5.98. The van der Waals surface area contributed by atoms with Crippen molar-refractivity contribution in [2.75, 3.05) is 19.0 Å². The van der Waals surface area contributed by atoms with Gasteiger partial charge in [0.05, 0.1) is 17.6 Å². The number of carbonyl (C=O) groups is 1. The molecule has 1 aromatic rings. The molecule has 1 amide bonds. The zero-order chi connectivity index (χ0) is 15.3. The highest BCUT2D eigenvalue weighted by Crippen LogP contribution is 2.30. The Morgan fingerprint density at radius 1 is 1.50 bits per heavy atom. The number of nitro groups is 1. The Balaban J connectivity index is 2.99. The fourth-order valence-corrected chi connectivity index (χ4v) is 1.72. The van der Waals surface area contributed by atoms with Crippen LogP contribution in [0.2, 0.25) is 0 Å². The smallest absolute Gasteiger partial charge is 0.311 e. The Morgan fingerprint density at radius 2 is 2.15 bits per heavy atom. The SMILES string of the molecule is COc1c(C(=O)NCC(C)(C)CBr)cccc1[N+](=O)[O-]. The van der Waals surface area contributed by atoms with Crippen LogP contribution in [0.3, 0.4) is 0 Å². The fraction of sp³-hybridized carbons (Fsp3) is 0.462. The van der Waals surface area contributed by atoms with E-state index in [-0.39, 0.29) is 28.3 Å². The first kappa shape index (κ1) is 16.4. The second-order valence-corrected chi connectivity index (χ2v) is 5.66. The summed E-state index contributed by atoms with van der Waals surface area (Å²) < 4.78 is 5.01. The van der Waals surface area contributed by atoms with Crippen LogP contribution >= 0.6 is 15.9 Å². The number of ether oxygens (including phenoxy) is 1. The molecule has 0 aliphatic carbocycles. The number of nitrogens with one attached hydrogen (secondary N) is 1. The first-order valence-corrected chi connectivity index (χ1v) is 7.10. The number of amides is 1. The maximum atomic E-state index is 12.1. The molecule has 0 unspecified atom stereocenters. The summed E-state index contributed by atoms with van der Waals surface area (Å²) in [5.74, 6) is -0.411. The number of alkyl halides is 1. The third kappa shape index (κ3) is 3.93. The van der Waals surface area contributed by atoms with Crippen LogP contribution in [0.5, 0.6) is 5.75 Å². The lowest BCUT2D eigenvalue weighted by atomic mass is 9.96. The molecular weight excluding hydrogens is 328 g/mol. The quantitative estimate of drug-likeness (QED) is 0.488. The van der Waals surface area contributed by atoms with Crippen molar-refractivity contribution in [1.29, 1.82) is 0 Å². The van der Waals surface area contributed by atoms with Crippen molar-refractivity contribution in [2.24, 2.45) is 5.41 Å². The fourth-order valence-electron chi connectivity index (χ4n) is 1.52. The number of nitrogens with zero attached hydrogens (tertiary/aromatic N) is 1. The van der Waals surface area contributed by atoms with Crippen molar-refractivity contribution >= 4 is 27.5 Å². The molecular formula is C13H17BrN2O4. The summed E-state index contributed by atoms with van der Waals surface area (Å²) in [7, 11) is 1.31. The molecule has 0 saturated heterocycles. The number of hydrogen-bond donors (Lipinski definition) is 1. The van der Waals surface area contributed by atoms with E-state index >= 15 is 0 Å². The average Bonchev–Trinajstić information content (AvgIpc) is 2.43. The van der Waals surface area contributed by atoms with E-state index in [1.165, 1.54) is 25.3 Å². The van der Waals surface area contributed by atoms with Gasteiger partial charge in [0.15, 0.2) is 0 Å². The number of benzene rings is 1. The zero-order valence-corrected chi connectivity index (χ0v) is 13.2. The zero-order valence-electron chi connectivity index (χ0n) is 11.6. The van der Waals surface area contributed by atoms with E-state index in [1.807, 2.05) is 13.8 Å². The van der Waals surface area contributed by atoms with Gasteiger partial charge in [-0.15, -0.1) is 0 Å². The molecule has 7 heteroatoms. The van der Waals surface area contributed by atoms with Gasteiger partial charge in [0.2, 0.25) is 5.75 Å². The van der Waals surface area contributed by atoms with Gasteiger partial charge in [0.1, 0.15) is 0 Å². The molecule has 20 heavy (non-hydrogen) atoms. The Morgan fingerprint density at radius 3 is 2.65 bits per heavy atom. The molecule has 0 aliphatic heterocycles. The van der Waals surface area contributed by atoms with Crippen LogP contribution < -0.4 is 10.1 Å². The number of rotatable bonds is 6. The van der Waals surface area contributed by atoms with Crippen LogP contribution in [-0.4, -0.2) is 29.8 Å². The molecule has 0 aliphatic rings. The normalized spacial score (nSPS) is 11.0. The average molecular weight is 345 g/mol. The molecule has 0 fully saturated rings. The Kier molecular flexibility index (Phi) is 5.50. The van der Waals surface area contributed by atoms with Gasteiger partial charge in [-0.2, -0.15) is 0 Å². The monoisotopic (exact) mass is 344 g/mol. The molecule has 0 atom stereocenters. The lowest BCUT2D eigenvalue weighted by Crippen LogP contribution is -2.35. The standard InChI is InChI=1S/C13H17BrN2O4/c1-13(2,7-14)8-15-12(17)9-5-4-6-10(16(18)19)11(9)20-3/h4-6H,7-8H2,1-3H3,(H,15,17). The van der Waals surface area contributed by atoms with Crippen LogP contribution in [0.15, 0.2) is 18.2 Å². The second-order valence-electron chi connectivity index (χ2n) is 5.10. The second kappa shape index (κ2) is 6.69. The van der Waals surface area contributed by atoms with E-state index < -0.39 is 4.92 Å². The van der Waals surface area contributed by atoms with Gasteiger partial charge in [-0.25, -0.2) is 0 Å². The Labute approximate surface area is 125 Å². The highest BCUT2D eigenvalue weighted by atomic mass is 79.9. The summed E-state index contributed by atoms with van der Waals surface area (Å²) in [5.41, 5.74) is -0.171. The van der Waals surface area contributed by atoms with Crippen LogP contribution in [0.4, 0.5) is 5.69 Å². The summed E-state index contributed by atoms with van der Waals surface area (Å²) in [6.07, 6.45) is 0. The Bertz CT molecular complexity index is 517. The third-order valence-electron chi connectivity index (χ3n) is 2.73. The minimum Gasteiger partial charge on any atom is -0.490 e. The van der Waals surface area contributed by atoms with Crippen molar-refractivity contribution in [3.8, 4) is 5.75 Å². The minimum absolute atomic E-state index is 0.0216.